The van der Waals surface area contributed by atoms with Gasteiger partial charge in [0, 0.05) is 29.6 Å². The number of carbonyl (C=O) groups excluding carboxylic acids is 1. The molecule has 0 spiro atoms. The summed E-state index contributed by atoms with van der Waals surface area (Å²) in [6.07, 6.45) is 1.99. The third-order valence-corrected chi connectivity index (χ3v) is 6.24. The molecule has 3 aromatic carbocycles. The second-order valence-electron chi connectivity index (χ2n) is 8.49. The SMILES string of the molecule is COc1ccc(C(CNC(=O)c2ccc(COc3ccccc3C#N)o2)c2c[nH]c3ccccc23)cc1. The van der Waals surface area contributed by atoms with Crippen LogP contribution in [0.15, 0.2) is 95.5 Å². The number of H-pyrrole nitrogens is 1. The molecule has 0 aliphatic heterocycles. The second kappa shape index (κ2) is 10.8. The van der Waals surface area contributed by atoms with Crippen LogP contribution in [0.1, 0.15) is 38.9 Å². The molecule has 2 N–H and O–H groups in total. The van der Waals surface area contributed by atoms with E-state index in [2.05, 4.69) is 22.4 Å². The lowest BCUT2D eigenvalue weighted by Gasteiger charge is -2.18. The Balaban J connectivity index is 1.31. The van der Waals surface area contributed by atoms with E-state index < -0.39 is 0 Å². The summed E-state index contributed by atoms with van der Waals surface area (Å²) in [7, 11) is 1.64. The van der Waals surface area contributed by atoms with Gasteiger partial charge >= 0.3 is 0 Å². The Labute approximate surface area is 214 Å². The first-order valence-electron chi connectivity index (χ1n) is 11.8. The monoisotopic (exact) mass is 491 g/mol. The van der Waals surface area contributed by atoms with Crippen molar-refractivity contribution in [2.24, 2.45) is 0 Å². The third-order valence-electron chi connectivity index (χ3n) is 6.24. The Bertz CT molecular complexity index is 1560. The van der Waals surface area contributed by atoms with E-state index in [4.69, 9.17) is 13.9 Å². The molecule has 0 saturated heterocycles. The highest BCUT2D eigenvalue weighted by atomic mass is 16.5. The normalized spacial score (nSPS) is 11.6. The molecular weight excluding hydrogens is 466 g/mol. The summed E-state index contributed by atoms with van der Waals surface area (Å²) in [6.45, 7) is 0.477. The summed E-state index contributed by atoms with van der Waals surface area (Å²) in [5, 5.41) is 13.3. The van der Waals surface area contributed by atoms with Gasteiger partial charge in [-0.3, -0.25) is 4.79 Å². The lowest BCUT2D eigenvalue weighted by molar-refractivity contribution is 0.0920. The van der Waals surface area contributed by atoms with Crippen molar-refractivity contribution in [1.82, 2.24) is 10.3 Å². The van der Waals surface area contributed by atoms with Crippen LogP contribution in [-0.4, -0.2) is 24.5 Å². The molecule has 2 aromatic heterocycles. The number of carbonyl (C=O) groups is 1. The summed E-state index contributed by atoms with van der Waals surface area (Å²) < 4.78 is 16.8. The van der Waals surface area contributed by atoms with Crippen molar-refractivity contribution < 1.29 is 18.7 Å². The number of para-hydroxylation sites is 2. The highest BCUT2D eigenvalue weighted by molar-refractivity contribution is 5.91. The van der Waals surface area contributed by atoms with E-state index in [1.165, 1.54) is 0 Å². The van der Waals surface area contributed by atoms with Crippen LogP contribution in [-0.2, 0) is 6.61 Å². The Kier molecular flexibility index (Phi) is 6.91. The van der Waals surface area contributed by atoms with E-state index in [1.807, 2.05) is 48.7 Å². The molecule has 0 aliphatic carbocycles. The van der Waals surface area contributed by atoms with Gasteiger partial charge in [0.25, 0.3) is 5.91 Å². The zero-order chi connectivity index (χ0) is 25.6. The number of hydrogen-bond acceptors (Lipinski definition) is 5. The fourth-order valence-electron chi connectivity index (χ4n) is 4.32. The largest absolute Gasteiger partial charge is 0.497 e. The van der Waals surface area contributed by atoms with Crippen LogP contribution in [0, 0.1) is 11.3 Å². The van der Waals surface area contributed by atoms with Crippen LogP contribution in [0.2, 0.25) is 0 Å². The first-order valence-corrected chi connectivity index (χ1v) is 11.8. The predicted molar refractivity (Wildman–Crippen MR) is 140 cm³/mol. The van der Waals surface area contributed by atoms with E-state index in [9.17, 15) is 10.1 Å². The van der Waals surface area contributed by atoms with E-state index >= 15 is 0 Å². The molecule has 0 fully saturated rings. The summed E-state index contributed by atoms with van der Waals surface area (Å²) >= 11 is 0. The number of furan rings is 1. The first-order chi connectivity index (χ1) is 18.2. The molecule has 2 heterocycles. The maximum absolute atomic E-state index is 13.0. The summed E-state index contributed by atoms with van der Waals surface area (Å²) in [6, 6.07) is 28.4. The molecule has 0 bridgehead atoms. The molecule has 7 nitrogen and oxygen atoms in total. The summed E-state index contributed by atoms with van der Waals surface area (Å²) in [5.41, 5.74) is 3.62. The van der Waals surface area contributed by atoms with Crippen LogP contribution in [0.3, 0.4) is 0 Å². The fourth-order valence-corrected chi connectivity index (χ4v) is 4.32. The smallest absolute Gasteiger partial charge is 0.287 e. The molecule has 5 aromatic rings. The molecule has 0 saturated carbocycles. The molecule has 1 atom stereocenters. The highest BCUT2D eigenvalue weighted by Crippen LogP contribution is 2.31. The number of ether oxygens (including phenoxy) is 2. The number of rotatable bonds is 9. The van der Waals surface area contributed by atoms with Gasteiger partial charge in [-0.05, 0) is 53.6 Å². The molecule has 7 heteroatoms. The van der Waals surface area contributed by atoms with Crippen LogP contribution >= 0.6 is 0 Å². The first kappa shape index (κ1) is 23.8. The number of amides is 1. The lowest BCUT2D eigenvalue weighted by atomic mass is 9.90. The van der Waals surface area contributed by atoms with E-state index in [0.29, 0.717) is 23.6 Å². The molecule has 37 heavy (non-hydrogen) atoms. The van der Waals surface area contributed by atoms with E-state index in [1.54, 1.807) is 43.5 Å². The average Bonchev–Trinajstić information content (AvgIpc) is 3.60. The molecule has 0 aliphatic rings. The Morgan fingerprint density at radius 3 is 2.62 bits per heavy atom. The number of hydrogen-bond donors (Lipinski definition) is 2. The maximum Gasteiger partial charge on any atom is 0.287 e. The summed E-state index contributed by atoms with van der Waals surface area (Å²) in [4.78, 5) is 16.3. The van der Waals surface area contributed by atoms with Gasteiger partial charge in [-0.25, -0.2) is 0 Å². The Hall–Kier alpha value is -4.96. The maximum atomic E-state index is 13.0. The number of aromatic nitrogens is 1. The van der Waals surface area contributed by atoms with Crippen LogP contribution < -0.4 is 14.8 Å². The Morgan fingerprint density at radius 1 is 1.03 bits per heavy atom. The van der Waals surface area contributed by atoms with Crippen molar-refractivity contribution in [3.05, 3.63) is 119 Å². The fraction of sp³-hybridized carbons (Fsp3) is 0.133. The molecular formula is C30H25N3O4. The van der Waals surface area contributed by atoms with Crippen molar-refractivity contribution >= 4 is 16.8 Å². The second-order valence-corrected chi connectivity index (χ2v) is 8.49. The Morgan fingerprint density at radius 2 is 1.81 bits per heavy atom. The molecule has 1 unspecified atom stereocenters. The predicted octanol–water partition coefficient (Wildman–Crippen LogP) is 5.78. The zero-order valence-electron chi connectivity index (χ0n) is 20.2. The number of nitrogens with zero attached hydrogens (tertiary/aromatic N) is 1. The summed E-state index contributed by atoms with van der Waals surface area (Å²) in [5.74, 6) is 1.51. The van der Waals surface area contributed by atoms with Gasteiger partial charge in [-0.15, -0.1) is 0 Å². The standard InChI is InChI=1S/C30H25N3O4/c1-35-22-12-10-20(11-13-22)25(26-18-32-27-8-4-3-7-24(26)27)17-33-30(34)29-15-14-23(37-29)19-36-28-9-5-2-6-21(28)16-31/h2-15,18,25,32H,17,19H2,1H3,(H,33,34). The number of aromatic amines is 1. The number of fused-ring (bicyclic) bond motifs is 1. The van der Waals surface area contributed by atoms with Crippen LogP contribution in [0.4, 0.5) is 0 Å². The average molecular weight is 492 g/mol. The minimum atomic E-state index is -0.318. The van der Waals surface area contributed by atoms with Gasteiger partial charge in [0.1, 0.15) is 29.9 Å². The van der Waals surface area contributed by atoms with Crippen molar-refractivity contribution in [2.45, 2.75) is 12.5 Å². The molecule has 184 valence electrons. The van der Waals surface area contributed by atoms with Gasteiger partial charge in [0.05, 0.1) is 12.7 Å². The van der Waals surface area contributed by atoms with Gasteiger partial charge in [-0.1, -0.05) is 42.5 Å². The third kappa shape index (κ3) is 5.19. The van der Waals surface area contributed by atoms with E-state index in [0.717, 1.165) is 27.8 Å². The van der Waals surface area contributed by atoms with Gasteiger partial charge < -0.3 is 24.2 Å². The van der Waals surface area contributed by atoms with Crippen molar-refractivity contribution in [2.75, 3.05) is 13.7 Å². The highest BCUT2D eigenvalue weighted by Gasteiger charge is 2.21. The molecule has 0 radical (unpaired) electrons. The van der Waals surface area contributed by atoms with Crippen LogP contribution in [0.25, 0.3) is 10.9 Å². The quantitative estimate of drug-likeness (QED) is 0.272. The number of methoxy groups -OCH3 is 1. The number of benzene rings is 3. The minimum absolute atomic E-state index is 0.0914. The lowest BCUT2D eigenvalue weighted by Crippen LogP contribution is -2.28. The number of nitriles is 1. The topological polar surface area (TPSA) is 100 Å². The zero-order valence-corrected chi connectivity index (χ0v) is 20.2. The van der Waals surface area contributed by atoms with E-state index in [-0.39, 0.29) is 24.2 Å². The van der Waals surface area contributed by atoms with Gasteiger partial charge in [-0.2, -0.15) is 5.26 Å². The van der Waals surface area contributed by atoms with Crippen LogP contribution in [0.5, 0.6) is 11.5 Å². The number of nitrogens with one attached hydrogen (secondary N) is 2. The molecule has 1 amide bonds. The minimum Gasteiger partial charge on any atom is -0.497 e. The van der Waals surface area contributed by atoms with Crippen molar-refractivity contribution in [3.63, 3.8) is 0 Å². The van der Waals surface area contributed by atoms with Crippen molar-refractivity contribution in [1.29, 1.82) is 5.26 Å². The van der Waals surface area contributed by atoms with Gasteiger partial charge in [0.2, 0.25) is 0 Å². The molecule has 5 rings (SSSR count). The van der Waals surface area contributed by atoms with Crippen molar-refractivity contribution in [3.8, 4) is 17.6 Å². The van der Waals surface area contributed by atoms with Gasteiger partial charge in [0.15, 0.2) is 5.76 Å².